The number of aliphatic carboxylic acids is 4. The van der Waals surface area contributed by atoms with E-state index in [0.717, 1.165) is 0 Å². The zero-order valence-electron chi connectivity index (χ0n) is 10.8. The molecule has 0 aliphatic rings. The van der Waals surface area contributed by atoms with Crippen LogP contribution in [0.15, 0.2) is 0 Å². The summed E-state index contributed by atoms with van der Waals surface area (Å²) in [5, 5.41) is 40.2. The Morgan fingerprint density at radius 3 is 0.842 bits per heavy atom. The Balaban J connectivity index is -0.000000163. The third-order valence-electron chi connectivity index (χ3n) is 1.13. The van der Waals surface area contributed by atoms with E-state index in [1.807, 2.05) is 0 Å². The maximum atomic E-state index is 10.0. The molecule has 13 heteroatoms. The van der Waals surface area contributed by atoms with E-state index in [1.54, 1.807) is 0 Å². The molecule has 0 fully saturated rings. The van der Waals surface area contributed by atoms with E-state index >= 15 is 0 Å². The molecule has 0 radical (unpaired) electrons. The molecule has 0 atom stereocenters. The topological polar surface area (TPSA) is 170 Å². The van der Waals surface area contributed by atoms with Crippen LogP contribution in [0.1, 0.15) is 0 Å². The van der Waals surface area contributed by atoms with Crippen LogP contribution in [0.5, 0.6) is 0 Å². The molecular formula is C6H2Na4O9. The summed E-state index contributed by atoms with van der Waals surface area (Å²) in [4.78, 5) is 40.2. The minimum absolute atomic E-state index is 0. The summed E-state index contributed by atoms with van der Waals surface area (Å²) in [7, 11) is 0. The van der Waals surface area contributed by atoms with E-state index in [9.17, 15) is 39.6 Å². The van der Waals surface area contributed by atoms with Gasteiger partial charge in [0.1, 0.15) is 12.2 Å². The van der Waals surface area contributed by atoms with Crippen molar-refractivity contribution in [1.29, 1.82) is 0 Å². The van der Waals surface area contributed by atoms with Gasteiger partial charge in [0.25, 0.3) is 0 Å². The number of ether oxygens (including phenoxy) is 1. The molecule has 19 heavy (non-hydrogen) atoms. The maximum absolute atomic E-state index is 10.0. The molecule has 0 amide bonds. The van der Waals surface area contributed by atoms with Gasteiger partial charge in [-0.15, -0.1) is 0 Å². The minimum Gasteiger partial charge on any atom is -0.547 e. The molecular weight excluding hydrogens is 308 g/mol. The third kappa shape index (κ3) is 13.2. The van der Waals surface area contributed by atoms with Crippen LogP contribution in [0, 0.1) is 0 Å². The van der Waals surface area contributed by atoms with Crippen molar-refractivity contribution in [3.8, 4) is 0 Å². The molecule has 0 aromatic carbocycles. The average molecular weight is 310 g/mol. The zero-order chi connectivity index (χ0) is 12.2. The molecule has 0 rings (SSSR count). The van der Waals surface area contributed by atoms with Crippen molar-refractivity contribution in [3.05, 3.63) is 0 Å². The van der Waals surface area contributed by atoms with Crippen LogP contribution in [0.4, 0.5) is 0 Å². The van der Waals surface area contributed by atoms with Gasteiger partial charge in [-0.1, -0.05) is 0 Å². The summed E-state index contributed by atoms with van der Waals surface area (Å²) in [5.74, 6) is -9.44. The standard InChI is InChI=1S/C6H6O9.4Na/c7-3(8)1(4(9)10)15-2(5(11)12)6(13)14;;;;/h1-2H,(H,7,8)(H,9,10)(H,11,12)(H,13,14);;;;/q;4*+1/p-4. The fourth-order valence-corrected chi connectivity index (χ4v) is 0.551. The normalized spacial score (nSPS) is 8.11. The van der Waals surface area contributed by atoms with Gasteiger partial charge < -0.3 is 44.3 Å². The molecule has 0 N–H and O–H groups in total. The smallest absolute Gasteiger partial charge is 0.547 e. The number of carboxylic acid groups (broad SMARTS) is 4. The van der Waals surface area contributed by atoms with Crippen molar-refractivity contribution < 1.29 is 163 Å². The number of carboxylic acids is 4. The summed E-state index contributed by atoms with van der Waals surface area (Å²) in [6.45, 7) is 0. The molecule has 0 unspecified atom stereocenters. The second kappa shape index (κ2) is 16.2. The van der Waals surface area contributed by atoms with Crippen LogP contribution in [0.3, 0.4) is 0 Å². The predicted molar refractivity (Wildman–Crippen MR) is 28.7 cm³/mol. The fraction of sp³-hybridized carbons (Fsp3) is 0.333. The van der Waals surface area contributed by atoms with E-state index < -0.39 is 36.1 Å². The van der Waals surface area contributed by atoms with Gasteiger partial charge in [-0.3, -0.25) is 0 Å². The van der Waals surface area contributed by atoms with Gasteiger partial charge in [0.15, 0.2) is 0 Å². The minimum atomic E-state index is -2.84. The first-order valence-electron chi connectivity index (χ1n) is 3.26. The first kappa shape index (κ1) is 32.7. The first-order valence-corrected chi connectivity index (χ1v) is 3.26. The van der Waals surface area contributed by atoms with Crippen molar-refractivity contribution in [2.75, 3.05) is 0 Å². The number of hydrogen-bond acceptors (Lipinski definition) is 9. The van der Waals surface area contributed by atoms with Gasteiger partial charge in [-0.05, 0) is 0 Å². The van der Waals surface area contributed by atoms with Crippen LogP contribution in [0.2, 0.25) is 0 Å². The molecule has 0 aromatic rings. The summed E-state index contributed by atoms with van der Waals surface area (Å²) in [6, 6.07) is 0. The average Bonchev–Trinajstić information content (AvgIpc) is 2.01. The second-order valence-corrected chi connectivity index (χ2v) is 2.17. The molecule has 0 aliphatic carbocycles. The molecule has 0 aliphatic heterocycles. The van der Waals surface area contributed by atoms with Crippen LogP contribution >= 0.6 is 0 Å². The van der Waals surface area contributed by atoms with Crippen LogP contribution in [-0.4, -0.2) is 36.1 Å². The van der Waals surface area contributed by atoms with Crippen molar-refractivity contribution in [2.24, 2.45) is 0 Å². The van der Waals surface area contributed by atoms with Crippen molar-refractivity contribution in [1.82, 2.24) is 0 Å². The summed E-state index contributed by atoms with van der Waals surface area (Å²) in [6.07, 6.45) is -5.68. The molecule has 0 heterocycles. The molecule has 0 saturated carbocycles. The SMILES string of the molecule is O=C([O-])C(OC(C(=O)[O-])C(=O)[O-])C(=O)[O-].[Na+].[Na+].[Na+].[Na+]. The Hall–Kier alpha value is 1.84. The van der Waals surface area contributed by atoms with Gasteiger partial charge in [-0.2, -0.15) is 0 Å². The summed E-state index contributed by atoms with van der Waals surface area (Å²) < 4.78 is 3.65. The second-order valence-electron chi connectivity index (χ2n) is 2.17. The number of carbonyl (C=O) groups is 4. The molecule has 0 bridgehead atoms. The van der Waals surface area contributed by atoms with Crippen molar-refractivity contribution >= 4 is 23.9 Å². The summed E-state index contributed by atoms with van der Waals surface area (Å²) in [5.41, 5.74) is 0. The molecule has 9 nitrogen and oxygen atoms in total. The number of carbonyl (C=O) groups excluding carboxylic acids is 4. The zero-order valence-corrected chi connectivity index (χ0v) is 18.8. The van der Waals surface area contributed by atoms with Crippen molar-refractivity contribution in [2.45, 2.75) is 12.2 Å². The number of hydrogen-bond donors (Lipinski definition) is 0. The van der Waals surface area contributed by atoms with E-state index in [1.165, 1.54) is 0 Å². The maximum Gasteiger partial charge on any atom is 1.00 e. The van der Waals surface area contributed by atoms with E-state index in [-0.39, 0.29) is 118 Å². The van der Waals surface area contributed by atoms with Gasteiger partial charge in [0.2, 0.25) is 0 Å². The Bertz CT molecular complexity index is 262. The Morgan fingerprint density at radius 2 is 0.737 bits per heavy atom. The molecule has 0 aromatic heterocycles. The quantitative estimate of drug-likeness (QED) is 0.341. The molecule has 0 saturated heterocycles. The van der Waals surface area contributed by atoms with Gasteiger partial charge in [-0.25, -0.2) is 0 Å². The van der Waals surface area contributed by atoms with Crippen LogP contribution < -0.4 is 139 Å². The van der Waals surface area contributed by atoms with Gasteiger partial charge in [0, 0.05) is 0 Å². The van der Waals surface area contributed by atoms with Gasteiger partial charge >= 0.3 is 118 Å². The Kier molecular flexibility index (Phi) is 27.9. The predicted octanol–water partition coefficient (Wildman–Crippen LogP) is -19.2. The molecule has 0 spiro atoms. The Morgan fingerprint density at radius 1 is 0.579 bits per heavy atom. The largest absolute Gasteiger partial charge is 1.00 e. The first-order chi connectivity index (χ1) is 6.77. The van der Waals surface area contributed by atoms with E-state index in [4.69, 9.17) is 0 Å². The fourth-order valence-electron chi connectivity index (χ4n) is 0.551. The third-order valence-corrected chi connectivity index (χ3v) is 1.13. The van der Waals surface area contributed by atoms with Crippen LogP contribution in [-0.2, 0) is 23.9 Å². The van der Waals surface area contributed by atoms with E-state index in [0.29, 0.717) is 0 Å². The molecule has 84 valence electrons. The Labute approximate surface area is 195 Å². The van der Waals surface area contributed by atoms with Crippen molar-refractivity contribution in [3.63, 3.8) is 0 Å². The van der Waals surface area contributed by atoms with E-state index in [2.05, 4.69) is 4.74 Å². The summed E-state index contributed by atoms with van der Waals surface area (Å²) >= 11 is 0. The van der Waals surface area contributed by atoms with Crippen LogP contribution in [0.25, 0.3) is 0 Å². The number of rotatable bonds is 6. The van der Waals surface area contributed by atoms with Gasteiger partial charge in [0.05, 0.1) is 23.9 Å². The monoisotopic (exact) mass is 310 g/mol.